The Morgan fingerprint density at radius 1 is 1.40 bits per heavy atom. The highest BCUT2D eigenvalue weighted by atomic mass is 35.5. The van der Waals surface area contributed by atoms with E-state index in [1.165, 1.54) is 0 Å². The van der Waals surface area contributed by atoms with E-state index in [-0.39, 0.29) is 5.56 Å². The number of halogens is 4. The van der Waals surface area contributed by atoms with E-state index < -0.39 is 40.5 Å². The number of nitrogens with two attached hydrogens (primary N) is 1. The molecular weight excluding hydrogens is 303 g/mol. The lowest BCUT2D eigenvalue weighted by Crippen LogP contribution is -2.31. The average Bonchev–Trinajstić information content (AvgIpc) is 2.26. The fourth-order valence-corrected chi connectivity index (χ4v) is 1.63. The summed E-state index contributed by atoms with van der Waals surface area (Å²) in [6.07, 6.45) is -6.92. The fraction of sp³-hybridized carbons (Fsp3) is 0.273. The lowest BCUT2D eigenvalue weighted by atomic mass is 10.1. The first-order valence-corrected chi connectivity index (χ1v) is 5.52. The summed E-state index contributed by atoms with van der Waals surface area (Å²) in [5.41, 5.74) is 3.89. The number of carboxylic acid groups (broad SMARTS) is 1. The molecule has 1 aromatic carbocycles. The van der Waals surface area contributed by atoms with Gasteiger partial charge < -0.3 is 15.6 Å². The number of ether oxygens (including phenoxy) is 1. The number of primary amides is 1. The van der Waals surface area contributed by atoms with Gasteiger partial charge in [-0.25, -0.2) is 4.79 Å². The van der Waals surface area contributed by atoms with Crippen LogP contribution in [0, 0.1) is 0 Å². The van der Waals surface area contributed by atoms with Crippen molar-refractivity contribution in [1.82, 2.24) is 0 Å². The van der Waals surface area contributed by atoms with Gasteiger partial charge in [0, 0.05) is 0 Å². The predicted octanol–water partition coefficient (Wildman–Crippen LogP) is 2.47. The fourth-order valence-electron chi connectivity index (χ4n) is 1.30. The molecule has 0 saturated carbocycles. The summed E-state index contributed by atoms with van der Waals surface area (Å²) in [5, 5.41) is 8.40. The van der Waals surface area contributed by atoms with Gasteiger partial charge >= 0.3 is 12.1 Å². The van der Waals surface area contributed by atoms with Crippen LogP contribution in [0.2, 0.25) is 5.02 Å². The zero-order chi connectivity index (χ0) is 15.7. The molecule has 1 atom stereocenters. The smallest absolute Gasteiger partial charge is 0.425 e. The molecular formula is C11H9ClF3NO4. The third kappa shape index (κ3) is 3.32. The van der Waals surface area contributed by atoms with Crippen LogP contribution in [-0.4, -0.2) is 29.3 Å². The molecule has 0 radical (unpaired) electrons. The van der Waals surface area contributed by atoms with Gasteiger partial charge in [-0.2, -0.15) is 13.2 Å². The zero-order valence-electron chi connectivity index (χ0n) is 9.99. The van der Waals surface area contributed by atoms with Crippen LogP contribution in [0.1, 0.15) is 27.6 Å². The van der Waals surface area contributed by atoms with Crippen molar-refractivity contribution in [2.45, 2.75) is 19.2 Å². The standard InChI is InChI=1S/C11H9ClF3NO4/c1-4(11(13,14)15)20-6-3-2-5(9(16)17)8(12)7(6)10(18)19/h2-4H,1H3,(H2,16,17)(H,18,19). The van der Waals surface area contributed by atoms with Gasteiger partial charge in [0.2, 0.25) is 5.91 Å². The van der Waals surface area contributed by atoms with Crippen molar-refractivity contribution in [3.05, 3.63) is 28.3 Å². The van der Waals surface area contributed by atoms with Crippen LogP contribution in [0.3, 0.4) is 0 Å². The summed E-state index contributed by atoms with van der Waals surface area (Å²) >= 11 is 5.66. The molecule has 1 amide bonds. The van der Waals surface area contributed by atoms with Crippen LogP contribution >= 0.6 is 11.6 Å². The Balaban J connectivity index is 3.31. The first-order valence-electron chi connectivity index (χ1n) is 5.14. The lowest BCUT2D eigenvalue weighted by molar-refractivity contribution is -0.189. The summed E-state index contributed by atoms with van der Waals surface area (Å²) < 4.78 is 41.7. The third-order valence-corrected chi connectivity index (χ3v) is 2.74. The average molecular weight is 312 g/mol. The number of carbonyl (C=O) groups excluding carboxylic acids is 1. The molecule has 0 aliphatic heterocycles. The molecule has 5 nitrogen and oxygen atoms in total. The van der Waals surface area contributed by atoms with E-state index >= 15 is 0 Å². The van der Waals surface area contributed by atoms with Crippen LogP contribution in [0.5, 0.6) is 5.75 Å². The topological polar surface area (TPSA) is 89.6 Å². The van der Waals surface area contributed by atoms with Crippen molar-refractivity contribution in [2.24, 2.45) is 5.73 Å². The Labute approximate surface area is 116 Å². The van der Waals surface area contributed by atoms with E-state index in [2.05, 4.69) is 4.74 Å². The lowest BCUT2D eigenvalue weighted by Gasteiger charge is -2.19. The Bertz CT molecular complexity index is 559. The highest BCUT2D eigenvalue weighted by molar-refractivity contribution is 6.37. The molecule has 110 valence electrons. The van der Waals surface area contributed by atoms with Crippen molar-refractivity contribution in [2.75, 3.05) is 0 Å². The van der Waals surface area contributed by atoms with Crippen molar-refractivity contribution in [3.8, 4) is 5.75 Å². The second-order valence-electron chi connectivity index (χ2n) is 3.77. The van der Waals surface area contributed by atoms with E-state index in [0.29, 0.717) is 6.92 Å². The number of alkyl halides is 3. The molecule has 1 unspecified atom stereocenters. The minimum Gasteiger partial charge on any atom is -0.480 e. The minimum absolute atomic E-state index is 0.323. The molecule has 0 bridgehead atoms. The second kappa shape index (κ2) is 5.58. The van der Waals surface area contributed by atoms with E-state index in [4.69, 9.17) is 22.4 Å². The molecule has 0 saturated heterocycles. The Kier molecular flexibility index (Phi) is 4.49. The molecule has 9 heteroatoms. The maximum Gasteiger partial charge on any atom is 0.425 e. The molecule has 0 aliphatic rings. The summed E-state index contributed by atoms with van der Waals surface area (Å²) in [5.74, 6) is -3.24. The summed E-state index contributed by atoms with van der Waals surface area (Å²) in [6, 6.07) is 1.90. The highest BCUT2D eigenvalue weighted by Crippen LogP contribution is 2.33. The third-order valence-electron chi connectivity index (χ3n) is 2.35. The quantitative estimate of drug-likeness (QED) is 0.893. The van der Waals surface area contributed by atoms with Crippen LogP contribution < -0.4 is 10.5 Å². The number of carboxylic acids is 1. The minimum atomic E-state index is -4.68. The summed E-state index contributed by atoms with van der Waals surface area (Å²) in [6.45, 7) is 0.710. The number of carbonyl (C=O) groups is 2. The van der Waals surface area contributed by atoms with Crippen LogP contribution in [0.15, 0.2) is 12.1 Å². The van der Waals surface area contributed by atoms with E-state index in [1.54, 1.807) is 0 Å². The molecule has 0 heterocycles. The molecule has 1 rings (SSSR count). The molecule has 0 spiro atoms. The van der Waals surface area contributed by atoms with Gasteiger partial charge in [-0.05, 0) is 19.1 Å². The molecule has 0 fully saturated rings. The number of hydrogen-bond acceptors (Lipinski definition) is 3. The number of rotatable bonds is 4. The van der Waals surface area contributed by atoms with Gasteiger partial charge in [0.15, 0.2) is 6.10 Å². The normalized spacial score (nSPS) is 12.8. The second-order valence-corrected chi connectivity index (χ2v) is 4.15. The molecule has 0 aliphatic carbocycles. The number of aromatic carboxylic acids is 1. The van der Waals surface area contributed by atoms with Crippen LogP contribution in [-0.2, 0) is 0 Å². The molecule has 20 heavy (non-hydrogen) atoms. The molecule has 3 N–H and O–H groups in total. The van der Waals surface area contributed by atoms with Crippen molar-refractivity contribution in [3.63, 3.8) is 0 Å². The van der Waals surface area contributed by atoms with Gasteiger partial charge in [0.25, 0.3) is 0 Å². The van der Waals surface area contributed by atoms with Crippen LogP contribution in [0.25, 0.3) is 0 Å². The van der Waals surface area contributed by atoms with Crippen molar-refractivity contribution in [1.29, 1.82) is 0 Å². The number of amides is 1. The monoisotopic (exact) mass is 311 g/mol. The van der Waals surface area contributed by atoms with Gasteiger partial charge in [-0.3, -0.25) is 4.79 Å². The Morgan fingerprint density at radius 2 is 1.95 bits per heavy atom. The van der Waals surface area contributed by atoms with E-state index in [1.807, 2.05) is 0 Å². The molecule has 1 aromatic rings. The predicted molar refractivity (Wildman–Crippen MR) is 63.1 cm³/mol. The van der Waals surface area contributed by atoms with Gasteiger partial charge in [-0.15, -0.1) is 0 Å². The highest BCUT2D eigenvalue weighted by Gasteiger charge is 2.39. The van der Waals surface area contributed by atoms with Gasteiger partial charge in [0.05, 0.1) is 10.6 Å². The maximum atomic E-state index is 12.4. The summed E-state index contributed by atoms with van der Waals surface area (Å²) in [7, 11) is 0. The number of hydrogen-bond donors (Lipinski definition) is 2. The largest absolute Gasteiger partial charge is 0.480 e. The summed E-state index contributed by atoms with van der Waals surface area (Å²) in [4.78, 5) is 22.1. The van der Waals surface area contributed by atoms with Gasteiger partial charge in [0.1, 0.15) is 11.3 Å². The Morgan fingerprint density at radius 3 is 2.35 bits per heavy atom. The van der Waals surface area contributed by atoms with Crippen molar-refractivity contribution >= 4 is 23.5 Å². The molecule has 0 aromatic heterocycles. The first kappa shape index (κ1) is 16.1. The van der Waals surface area contributed by atoms with Gasteiger partial charge in [-0.1, -0.05) is 11.6 Å². The first-order chi connectivity index (χ1) is 9.05. The van der Waals surface area contributed by atoms with Crippen molar-refractivity contribution < 1.29 is 32.6 Å². The Hall–Kier alpha value is -1.96. The maximum absolute atomic E-state index is 12.4. The van der Waals surface area contributed by atoms with Crippen LogP contribution in [0.4, 0.5) is 13.2 Å². The van der Waals surface area contributed by atoms with E-state index in [0.717, 1.165) is 12.1 Å². The SMILES string of the molecule is CC(Oc1ccc(C(N)=O)c(Cl)c1C(=O)O)C(F)(F)F. The number of benzene rings is 1. The zero-order valence-corrected chi connectivity index (χ0v) is 10.7. The van der Waals surface area contributed by atoms with E-state index in [9.17, 15) is 22.8 Å².